The van der Waals surface area contributed by atoms with Gasteiger partial charge >= 0.3 is 12.4 Å². The molecule has 1 aliphatic carbocycles. The number of hydrogen-bond donors (Lipinski definition) is 0. The summed E-state index contributed by atoms with van der Waals surface area (Å²) in [5.74, 6) is 0. The molecular formula is C21H10BrF6N. The third-order valence-electron chi connectivity index (χ3n) is 4.18. The summed E-state index contributed by atoms with van der Waals surface area (Å²) in [5.41, 5.74) is -3.17. The molecule has 8 heteroatoms. The first-order valence-electron chi connectivity index (χ1n) is 8.12. The lowest BCUT2D eigenvalue weighted by molar-refractivity contribution is -0.0832. The maximum absolute atomic E-state index is 13.9. The Kier molecular flexibility index (Phi) is 5.46. The van der Waals surface area contributed by atoms with Gasteiger partial charge in [-0.05, 0) is 27.1 Å². The van der Waals surface area contributed by atoms with Crippen molar-refractivity contribution in [2.75, 3.05) is 0 Å². The predicted molar refractivity (Wildman–Crippen MR) is 100 cm³/mol. The van der Waals surface area contributed by atoms with Gasteiger partial charge in [0, 0.05) is 16.7 Å². The Morgan fingerprint density at radius 2 is 1.17 bits per heavy atom. The number of nitrogens with zero attached hydrogens (tertiary/aromatic N) is 1. The van der Waals surface area contributed by atoms with Crippen LogP contribution < -0.4 is 0 Å². The lowest BCUT2D eigenvalue weighted by Gasteiger charge is -2.11. The fourth-order valence-corrected chi connectivity index (χ4v) is 3.37. The highest BCUT2D eigenvalue weighted by Gasteiger charge is 2.51. The van der Waals surface area contributed by atoms with E-state index in [0.29, 0.717) is 0 Å². The zero-order chi connectivity index (χ0) is 21.4. The summed E-state index contributed by atoms with van der Waals surface area (Å²) in [7, 11) is 0. The molecule has 0 bridgehead atoms. The molecule has 2 aromatic rings. The predicted octanol–water partition coefficient (Wildman–Crippen LogP) is 7.20. The van der Waals surface area contributed by atoms with E-state index in [9.17, 15) is 31.6 Å². The molecule has 29 heavy (non-hydrogen) atoms. The molecule has 0 heterocycles. The summed E-state index contributed by atoms with van der Waals surface area (Å²) >= 11 is 2.39. The van der Waals surface area contributed by atoms with Crippen molar-refractivity contribution in [3.8, 4) is 6.07 Å². The molecule has 0 saturated heterocycles. The van der Waals surface area contributed by atoms with E-state index in [4.69, 9.17) is 0 Å². The van der Waals surface area contributed by atoms with Gasteiger partial charge in [0.15, 0.2) is 0 Å². The van der Waals surface area contributed by atoms with Gasteiger partial charge in [-0.1, -0.05) is 60.7 Å². The Balaban J connectivity index is 2.43. The van der Waals surface area contributed by atoms with Crippen molar-refractivity contribution >= 4 is 27.1 Å². The molecule has 0 spiro atoms. The highest BCUT2D eigenvalue weighted by atomic mass is 79.9. The van der Waals surface area contributed by atoms with Crippen LogP contribution in [0.25, 0.3) is 11.1 Å². The van der Waals surface area contributed by atoms with Crippen LogP contribution >= 0.6 is 15.9 Å². The largest absolute Gasteiger partial charge is 0.423 e. The number of nitriles is 1. The number of allylic oxidation sites excluding steroid dienone is 6. The van der Waals surface area contributed by atoms with Gasteiger partial charge in [-0.2, -0.15) is 31.6 Å². The van der Waals surface area contributed by atoms with E-state index in [1.54, 1.807) is 24.3 Å². The lowest BCUT2D eigenvalue weighted by Crippen LogP contribution is -2.11. The SMILES string of the molecule is N#CC(=C1C(=C(Br)C(F)(F)F)C1=C(c1ccccc1)C(F)(F)F)c1ccccc1. The first kappa shape index (κ1) is 20.9. The summed E-state index contributed by atoms with van der Waals surface area (Å²) in [6, 6.07) is 15.9. The molecule has 0 N–H and O–H groups in total. The van der Waals surface area contributed by atoms with Crippen molar-refractivity contribution in [1.29, 1.82) is 5.26 Å². The third-order valence-corrected chi connectivity index (χ3v) is 5.02. The summed E-state index contributed by atoms with van der Waals surface area (Å²) in [4.78, 5) is 0. The maximum atomic E-state index is 13.9. The molecule has 148 valence electrons. The number of rotatable bonds is 2. The zero-order valence-electron chi connectivity index (χ0n) is 14.4. The van der Waals surface area contributed by atoms with Crippen molar-refractivity contribution in [2.24, 2.45) is 0 Å². The zero-order valence-corrected chi connectivity index (χ0v) is 16.0. The lowest BCUT2D eigenvalue weighted by atomic mass is 10.0. The van der Waals surface area contributed by atoms with E-state index < -0.39 is 33.6 Å². The number of hydrogen-bond acceptors (Lipinski definition) is 1. The van der Waals surface area contributed by atoms with Gasteiger partial charge in [-0.25, -0.2) is 0 Å². The van der Waals surface area contributed by atoms with Crippen LogP contribution in [0.1, 0.15) is 11.1 Å². The topological polar surface area (TPSA) is 23.8 Å². The first-order chi connectivity index (χ1) is 13.6. The molecule has 0 amide bonds. The van der Waals surface area contributed by atoms with E-state index in [1.807, 2.05) is 0 Å². The van der Waals surface area contributed by atoms with E-state index in [2.05, 4.69) is 15.9 Å². The second-order valence-electron chi connectivity index (χ2n) is 6.03. The first-order valence-corrected chi connectivity index (χ1v) is 8.91. The Morgan fingerprint density at radius 1 is 0.690 bits per heavy atom. The van der Waals surface area contributed by atoms with Gasteiger partial charge < -0.3 is 0 Å². The highest BCUT2D eigenvalue weighted by Crippen LogP contribution is 2.60. The van der Waals surface area contributed by atoms with Crippen LogP contribution in [0.5, 0.6) is 0 Å². The minimum atomic E-state index is -4.93. The average Bonchev–Trinajstić information content (AvgIpc) is 3.35. The Labute approximate surface area is 170 Å². The van der Waals surface area contributed by atoms with Crippen molar-refractivity contribution in [3.63, 3.8) is 0 Å². The minimum Gasteiger partial charge on any atom is -0.192 e. The van der Waals surface area contributed by atoms with E-state index in [0.717, 1.165) is 0 Å². The maximum Gasteiger partial charge on any atom is 0.423 e. The Hall–Kier alpha value is -2.79. The van der Waals surface area contributed by atoms with Crippen LogP contribution in [0, 0.1) is 11.3 Å². The molecule has 3 rings (SSSR count). The normalized spacial score (nSPS) is 19.4. The van der Waals surface area contributed by atoms with Crippen LogP contribution in [-0.4, -0.2) is 12.4 Å². The molecule has 0 aromatic heterocycles. The number of halogens is 7. The van der Waals surface area contributed by atoms with Crippen LogP contribution in [0.4, 0.5) is 26.3 Å². The van der Waals surface area contributed by atoms with Gasteiger partial charge in [0.25, 0.3) is 0 Å². The van der Waals surface area contributed by atoms with E-state index in [-0.39, 0.29) is 22.3 Å². The van der Waals surface area contributed by atoms with Gasteiger partial charge in [0.2, 0.25) is 0 Å². The van der Waals surface area contributed by atoms with Crippen LogP contribution in [0.2, 0.25) is 0 Å². The van der Waals surface area contributed by atoms with Crippen molar-refractivity contribution in [3.05, 3.63) is 93.0 Å². The molecule has 1 aliphatic rings. The van der Waals surface area contributed by atoms with Gasteiger partial charge in [-0.15, -0.1) is 0 Å². The van der Waals surface area contributed by atoms with E-state index in [1.165, 1.54) is 42.5 Å². The highest BCUT2D eigenvalue weighted by molar-refractivity contribution is 9.11. The fourth-order valence-electron chi connectivity index (χ4n) is 2.97. The summed E-state index contributed by atoms with van der Waals surface area (Å²) in [5, 5.41) is 9.53. The van der Waals surface area contributed by atoms with Crippen molar-refractivity contribution in [2.45, 2.75) is 12.4 Å². The molecule has 0 unspecified atom stereocenters. The monoisotopic (exact) mass is 469 g/mol. The molecular weight excluding hydrogens is 460 g/mol. The quantitative estimate of drug-likeness (QED) is 0.336. The molecule has 2 aromatic carbocycles. The number of alkyl halides is 6. The summed E-state index contributed by atoms with van der Waals surface area (Å²) in [6.07, 6.45) is -9.84. The summed E-state index contributed by atoms with van der Waals surface area (Å²) in [6.45, 7) is 0. The average molecular weight is 470 g/mol. The Morgan fingerprint density at radius 3 is 1.59 bits per heavy atom. The molecule has 1 nitrogen and oxygen atoms in total. The second-order valence-corrected chi connectivity index (χ2v) is 6.82. The van der Waals surface area contributed by atoms with Crippen LogP contribution in [-0.2, 0) is 0 Å². The van der Waals surface area contributed by atoms with E-state index >= 15 is 0 Å². The smallest absolute Gasteiger partial charge is 0.192 e. The molecule has 1 saturated carbocycles. The molecule has 1 fully saturated rings. The molecule has 0 atom stereocenters. The fraction of sp³-hybridized carbons (Fsp3) is 0.0952. The summed E-state index contributed by atoms with van der Waals surface area (Å²) < 4.78 is 80.2. The standard InChI is InChI=1S/C21H10BrF6N/c22-19(21(26,27)28)17-15(14(11-29)12-7-3-1-4-8-12)16(17)18(20(23,24)25)13-9-5-2-6-10-13/h1-10H. The van der Waals surface area contributed by atoms with Crippen molar-refractivity contribution < 1.29 is 26.3 Å². The molecule has 0 aliphatic heterocycles. The van der Waals surface area contributed by atoms with Gasteiger partial charge in [0.05, 0.1) is 11.1 Å². The van der Waals surface area contributed by atoms with Crippen LogP contribution in [0.3, 0.4) is 0 Å². The van der Waals surface area contributed by atoms with Gasteiger partial charge in [0.1, 0.15) is 10.6 Å². The van der Waals surface area contributed by atoms with Gasteiger partial charge in [-0.3, -0.25) is 0 Å². The van der Waals surface area contributed by atoms with Crippen LogP contribution in [0.15, 0.2) is 81.9 Å². The second kappa shape index (κ2) is 7.56. The number of benzene rings is 2. The minimum absolute atomic E-state index is 0.231. The Bertz CT molecular complexity index is 1070. The molecule has 0 radical (unpaired) electrons. The third kappa shape index (κ3) is 4.15. The van der Waals surface area contributed by atoms with Crippen molar-refractivity contribution in [1.82, 2.24) is 0 Å².